The molecule has 0 radical (unpaired) electrons. The number of piperidine rings is 1. The molecular weight excluding hydrogens is 354 g/mol. The topological polar surface area (TPSA) is 92.4 Å². The van der Waals surface area contributed by atoms with Gasteiger partial charge in [-0.1, -0.05) is 9.64 Å². The van der Waals surface area contributed by atoms with Crippen LogP contribution in [0.4, 0.5) is 0 Å². The lowest BCUT2D eigenvalue weighted by molar-refractivity contribution is -0.140. The highest BCUT2D eigenvalue weighted by molar-refractivity contribution is 7.07. The maximum Gasteiger partial charge on any atom is 0.267 e. The third-order valence-electron chi connectivity index (χ3n) is 5.44. The fraction of sp³-hybridized carbons (Fsp3) is 0.588. The van der Waals surface area contributed by atoms with Crippen molar-refractivity contribution in [3.8, 4) is 0 Å². The van der Waals surface area contributed by atoms with Crippen LogP contribution in [0.2, 0.25) is 0 Å². The molecule has 3 saturated heterocycles. The van der Waals surface area contributed by atoms with Gasteiger partial charge >= 0.3 is 0 Å². The minimum atomic E-state index is -0.153. The summed E-state index contributed by atoms with van der Waals surface area (Å²) in [6, 6.07) is 0.0140. The van der Waals surface area contributed by atoms with E-state index in [1.54, 1.807) is 11.8 Å². The smallest absolute Gasteiger partial charge is 0.267 e. The standard InChI is InChI=1S/C17H21N5O3S/c1-9-14(11(3)25-19-9)8-22-13-5-4-12(16(22)23)6-21(7-13)17(24)15-10(2)18-20-26-15/h12-13H,4-8H2,1-3H3/t12-,13+/m1/s1. The summed E-state index contributed by atoms with van der Waals surface area (Å²) in [5, 5.41) is 7.92. The van der Waals surface area contributed by atoms with Gasteiger partial charge in [-0.05, 0) is 45.1 Å². The van der Waals surface area contributed by atoms with Gasteiger partial charge in [0.2, 0.25) is 5.91 Å². The van der Waals surface area contributed by atoms with Gasteiger partial charge in [-0.25, -0.2) is 0 Å². The fourth-order valence-corrected chi connectivity index (χ4v) is 4.51. The van der Waals surface area contributed by atoms with Gasteiger partial charge in [-0.2, -0.15) is 0 Å². The molecule has 8 nitrogen and oxygen atoms in total. The molecule has 2 amide bonds. The molecule has 3 aliphatic rings. The molecule has 2 aromatic rings. The first-order valence-corrected chi connectivity index (χ1v) is 9.53. The van der Waals surface area contributed by atoms with Crippen LogP contribution in [-0.4, -0.2) is 55.5 Å². The quantitative estimate of drug-likeness (QED) is 0.811. The van der Waals surface area contributed by atoms with E-state index in [2.05, 4.69) is 14.7 Å². The number of carbonyl (C=O) groups is 2. The Morgan fingerprint density at radius 3 is 2.69 bits per heavy atom. The summed E-state index contributed by atoms with van der Waals surface area (Å²) >= 11 is 1.12. The second-order valence-corrected chi connectivity index (χ2v) is 7.85. The van der Waals surface area contributed by atoms with E-state index in [1.807, 2.05) is 18.7 Å². The van der Waals surface area contributed by atoms with E-state index in [-0.39, 0.29) is 23.8 Å². The minimum absolute atomic E-state index is 0.0140. The third kappa shape index (κ3) is 2.80. The molecule has 2 bridgehead atoms. The Morgan fingerprint density at radius 2 is 2.04 bits per heavy atom. The molecule has 26 heavy (non-hydrogen) atoms. The van der Waals surface area contributed by atoms with Crippen LogP contribution in [0.3, 0.4) is 0 Å². The zero-order valence-electron chi connectivity index (χ0n) is 15.1. The average Bonchev–Trinajstić information content (AvgIpc) is 3.05. The Hall–Kier alpha value is -2.29. The molecule has 0 spiro atoms. The van der Waals surface area contributed by atoms with E-state index >= 15 is 0 Å². The number of carbonyl (C=O) groups excluding carboxylic acids is 2. The summed E-state index contributed by atoms with van der Waals surface area (Å²) in [5.41, 5.74) is 2.43. The minimum Gasteiger partial charge on any atom is -0.361 e. The highest BCUT2D eigenvalue weighted by atomic mass is 32.1. The van der Waals surface area contributed by atoms with Crippen molar-refractivity contribution in [3.63, 3.8) is 0 Å². The molecule has 0 saturated carbocycles. The maximum atomic E-state index is 13.0. The summed E-state index contributed by atoms with van der Waals surface area (Å²) in [7, 11) is 0. The first-order valence-electron chi connectivity index (χ1n) is 8.76. The second kappa shape index (κ2) is 6.46. The van der Waals surface area contributed by atoms with Gasteiger partial charge in [-0.15, -0.1) is 5.10 Å². The van der Waals surface area contributed by atoms with Crippen molar-refractivity contribution in [3.05, 3.63) is 27.6 Å². The van der Waals surface area contributed by atoms with Gasteiger partial charge in [0, 0.05) is 24.7 Å². The lowest BCUT2D eigenvalue weighted by Crippen LogP contribution is -2.47. The molecule has 0 aliphatic carbocycles. The van der Waals surface area contributed by atoms with Crippen LogP contribution in [0, 0.1) is 26.7 Å². The van der Waals surface area contributed by atoms with Crippen LogP contribution in [0.15, 0.2) is 4.52 Å². The van der Waals surface area contributed by atoms with Crippen LogP contribution < -0.4 is 0 Å². The van der Waals surface area contributed by atoms with E-state index < -0.39 is 0 Å². The number of aryl methyl sites for hydroxylation is 3. The Kier molecular flexibility index (Phi) is 4.26. The summed E-state index contributed by atoms with van der Waals surface area (Å²) in [4.78, 5) is 30.2. The van der Waals surface area contributed by atoms with E-state index in [9.17, 15) is 9.59 Å². The van der Waals surface area contributed by atoms with Gasteiger partial charge in [-0.3, -0.25) is 9.59 Å². The largest absolute Gasteiger partial charge is 0.361 e. The Balaban J connectivity index is 1.58. The van der Waals surface area contributed by atoms with Crippen molar-refractivity contribution in [1.82, 2.24) is 24.5 Å². The average molecular weight is 375 g/mol. The van der Waals surface area contributed by atoms with E-state index in [4.69, 9.17) is 4.52 Å². The molecule has 0 unspecified atom stereocenters. The predicted molar refractivity (Wildman–Crippen MR) is 93.6 cm³/mol. The summed E-state index contributed by atoms with van der Waals surface area (Å²) < 4.78 is 9.10. The molecular formula is C17H21N5O3S. The fourth-order valence-electron chi connectivity index (χ4n) is 3.88. The second-order valence-electron chi connectivity index (χ2n) is 7.09. The van der Waals surface area contributed by atoms with Crippen molar-refractivity contribution in [2.75, 3.05) is 13.1 Å². The van der Waals surface area contributed by atoms with Gasteiger partial charge < -0.3 is 14.3 Å². The third-order valence-corrected chi connectivity index (χ3v) is 6.25. The normalized spacial score (nSPS) is 22.8. The van der Waals surface area contributed by atoms with Crippen LogP contribution in [0.25, 0.3) is 0 Å². The Morgan fingerprint density at radius 1 is 1.23 bits per heavy atom. The highest BCUT2D eigenvalue weighted by Crippen LogP contribution is 2.32. The first kappa shape index (κ1) is 17.1. The molecule has 0 N–H and O–H groups in total. The zero-order chi connectivity index (χ0) is 18.4. The monoisotopic (exact) mass is 375 g/mol. The van der Waals surface area contributed by atoms with E-state index in [0.29, 0.717) is 30.2 Å². The summed E-state index contributed by atoms with van der Waals surface area (Å²) in [6.45, 7) is 7.04. The number of hydrogen-bond donors (Lipinski definition) is 0. The molecule has 2 aromatic heterocycles. The first-order chi connectivity index (χ1) is 12.5. The molecule has 5 heterocycles. The maximum absolute atomic E-state index is 13.0. The summed E-state index contributed by atoms with van der Waals surface area (Å²) in [6.07, 6.45) is 1.73. The summed E-state index contributed by atoms with van der Waals surface area (Å²) in [5.74, 6) is 0.645. The van der Waals surface area contributed by atoms with Crippen LogP contribution in [0.5, 0.6) is 0 Å². The van der Waals surface area contributed by atoms with Crippen molar-refractivity contribution in [1.29, 1.82) is 0 Å². The SMILES string of the molecule is Cc1nnsc1C(=O)N1C[C@H]2CC[C@@H](C1)N(Cc1c(C)noc1C)C2=O. The van der Waals surface area contributed by atoms with E-state index in [1.165, 1.54) is 0 Å². The molecule has 2 atom stereocenters. The van der Waals surface area contributed by atoms with E-state index in [0.717, 1.165) is 41.4 Å². The molecule has 3 aliphatic heterocycles. The number of amides is 2. The molecule has 9 heteroatoms. The lowest BCUT2D eigenvalue weighted by Gasteiger charge is -2.35. The number of fused-ring (bicyclic) bond motifs is 4. The number of nitrogens with zero attached hydrogens (tertiary/aromatic N) is 5. The van der Waals surface area contributed by atoms with Crippen molar-refractivity contribution < 1.29 is 14.1 Å². The van der Waals surface area contributed by atoms with Gasteiger partial charge in [0.15, 0.2) is 0 Å². The predicted octanol–water partition coefficient (Wildman–Crippen LogP) is 1.71. The Labute approximate surface area is 155 Å². The lowest BCUT2D eigenvalue weighted by atomic mass is 9.93. The van der Waals surface area contributed by atoms with Gasteiger partial charge in [0.25, 0.3) is 5.91 Å². The van der Waals surface area contributed by atoms with Crippen molar-refractivity contribution >= 4 is 23.3 Å². The van der Waals surface area contributed by atoms with Gasteiger partial charge in [0.05, 0.1) is 23.9 Å². The van der Waals surface area contributed by atoms with Gasteiger partial charge in [0.1, 0.15) is 10.6 Å². The number of rotatable bonds is 3. The molecule has 0 aromatic carbocycles. The molecule has 3 fully saturated rings. The van der Waals surface area contributed by atoms with Crippen LogP contribution >= 0.6 is 11.5 Å². The van der Waals surface area contributed by atoms with Crippen LogP contribution in [-0.2, 0) is 11.3 Å². The van der Waals surface area contributed by atoms with Crippen LogP contribution in [0.1, 0.15) is 45.2 Å². The van der Waals surface area contributed by atoms with Crippen molar-refractivity contribution in [2.45, 2.75) is 46.2 Å². The molecule has 138 valence electrons. The molecule has 5 rings (SSSR count). The zero-order valence-corrected chi connectivity index (χ0v) is 15.9. The number of aromatic nitrogens is 3. The Bertz CT molecular complexity index is 841. The van der Waals surface area contributed by atoms with Crippen molar-refractivity contribution in [2.24, 2.45) is 5.92 Å². The number of hydrogen-bond acceptors (Lipinski definition) is 7. The highest BCUT2D eigenvalue weighted by Gasteiger charge is 2.42.